The van der Waals surface area contributed by atoms with Gasteiger partial charge in [-0.2, -0.15) is 0 Å². The number of para-hydroxylation sites is 1. The Bertz CT molecular complexity index is 538. The van der Waals surface area contributed by atoms with Crippen LogP contribution in [0.4, 0.5) is 11.4 Å². The van der Waals surface area contributed by atoms with E-state index in [1.807, 2.05) is 49.4 Å². The maximum atomic E-state index is 5.88. The van der Waals surface area contributed by atoms with Gasteiger partial charge in [0.25, 0.3) is 0 Å². The van der Waals surface area contributed by atoms with Crippen molar-refractivity contribution in [1.29, 1.82) is 0 Å². The number of anilines is 2. The number of nitrogens with one attached hydrogen (secondary N) is 1. The number of hydrogen-bond donors (Lipinski definition) is 2. The SMILES string of the molecule is COc1ccccc1CNc1ccc(C)c(N)c1. The summed E-state index contributed by atoms with van der Waals surface area (Å²) in [5, 5.41) is 3.34. The van der Waals surface area contributed by atoms with Gasteiger partial charge in [0.15, 0.2) is 0 Å². The maximum Gasteiger partial charge on any atom is 0.123 e. The zero-order valence-corrected chi connectivity index (χ0v) is 10.7. The lowest BCUT2D eigenvalue weighted by Gasteiger charge is -2.11. The predicted molar refractivity (Wildman–Crippen MR) is 75.9 cm³/mol. The second kappa shape index (κ2) is 5.45. The smallest absolute Gasteiger partial charge is 0.123 e. The highest BCUT2D eigenvalue weighted by atomic mass is 16.5. The van der Waals surface area contributed by atoms with Crippen molar-refractivity contribution >= 4 is 11.4 Å². The molecule has 0 heterocycles. The van der Waals surface area contributed by atoms with Crippen LogP contribution < -0.4 is 15.8 Å². The van der Waals surface area contributed by atoms with E-state index in [0.717, 1.165) is 28.3 Å². The average Bonchev–Trinajstić information content (AvgIpc) is 2.40. The first-order valence-electron chi connectivity index (χ1n) is 5.92. The minimum absolute atomic E-state index is 0.715. The molecule has 0 aromatic heterocycles. The number of aryl methyl sites for hydroxylation is 1. The Hall–Kier alpha value is -2.16. The second-order valence-electron chi connectivity index (χ2n) is 4.24. The van der Waals surface area contributed by atoms with Gasteiger partial charge in [0.1, 0.15) is 5.75 Å². The second-order valence-corrected chi connectivity index (χ2v) is 4.24. The molecule has 18 heavy (non-hydrogen) atoms. The highest BCUT2D eigenvalue weighted by Crippen LogP contribution is 2.21. The number of ether oxygens (including phenoxy) is 1. The summed E-state index contributed by atoms with van der Waals surface area (Å²) in [6, 6.07) is 14.0. The fraction of sp³-hybridized carbons (Fsp3) is 0.200. The van der Waals surface area contributed by atoms with Gasteiger partial charge in [-0.15, -0.1) is 0 Å². The zero-order valence-electron chi connectivity index (χ0n) is 10.7. The Morgan fingerprint density at radius 1 is 1.17 bits per heavy atom. The van der Waals surface area contributed by atoms with E-state index in [2.05, 4.69) is 5.32 Å². The van der Waals surface area contributed by atoms with Gasteiger partial charge in [0.2, 0.25) is 0 Å². The van der Waals surface area contributed by atoms with Crippen molar-refractivity contribution in [1.82, 2.24) is 0 Å². The van der Waals surface area contributed by atoms with E-state index >= 15 is 0 Å². The van der Waals surface area contributed by atoms with Crippen LogP contribution in [0.1, 0.15) is 11.1 Å². The first-order valence-corrected chi connectivity index (χ1v) is 5.92. The standard InChI is InChI=1S/C15H18N2O/c1-11-7-8-13(9-14(11)16)17-10-12-5-3-4-6-15(12)18-2/h3-9,17H,10,16H2,1-2H3. The fourth-order valence-electron chi connectivity index (χ4n) is 1.80. The summed E-state index contributed by atoms with van der Waals surface area (Å²) in [4.78, 5) is 0. The molecule has 0 bridgehead atoms. The number of benzene rings is 2. The molecule has 0 aliphatic rings. The quantitative estimate of drug-likeness (QED) is 0.809. The van der Waals surface area contributed by atoms with Gasteiger partial charge in [0, 0.05) is 23.5 Å². The van der Waals surface area contributed by atoms with E-state index in [0.29, 0.717) is 6.54 Å². The molecule has 0 saturated heterocycles. The van der Waals surface area contributed by atoms with Crippen molar-refractivity contribution in [2.75, 3.05) is 18.2 Å². The van der Waals surface area contributed by atoms with E-state index in [-0.39, 0.29) is 0 Å². The van der Waals surface area contributed by atoms with E-state index < -0.39 is 0 Å². The molecule has 0 unspecified atom stereocenters. The molecule has 0 aliphatic carbocycles. The summed E-state index contributed by atoms with van der Waals surface area (Å²) in [5.41, 5.74) is 9.92. The molecule has 2 aromatic carbocycles. The maximum absolute atomic E-state index is 5.88. The van der Waals surface area contributed by atoms with Crippen LogP contribution in [0.15, 0.2) is 42.5 Å². The highest BCUT2D eigenvalue weighted by molar-refractivity contribution is 5.58. The minimum atomic E-state index is 0.715. The fourth-order valence-corrected chi connectivity index (χ4v) is 1.80. The van der Waals surface area contributed by atoms with Crippen LogP contribution in [-0.2, 0) is 6.54 Å². The Labute approximate surface area is 108 Å². The van der Waals surface area contributed by atoms with Crippen LogP contribution in [0, 0.1) is 6.92 Å². The largest absolute Gasteiger partial charge is 0.496 e. The molecule has 0 amide bonds. The number of nitrogens with two attached hydrogens (primary N) is 1. The lowest BCUT2D eigenvalue weighted by atomic mass is 10.1. The molecular formula is C15H18N2O. The molecule has 94 valence electrons. The molecule has 0 radical (unpaired) electrons. The van der Waals surface area contributed by atoms with Crippen LogP contribution in [0.25, 0.3) is 0 Å². The normalized spacial score (nSPS) is 10.1. The lowest BCUT2D eigenvalue weighted by Crippen LogP contribution is -2.02. The van der Waals surface area contributed by atoms with Crippen molar-refractivity contribution in [3.05, 3.63) is 53.6 Å². The summed E-state index contributed by atoms with van der Waals surface area (Å²) in [6.07, 6.45) is 0. The molecule has 3 N–H and O–H groups in total. The number of methoxy groups -OCH3 is 1. The Morgan fingerprint density at radius 2 is 1.94 bits per heavy atom. The number of rotatable bonds is 4. The number of hydrogen-bond acceptors (Lipinski definition) is 3. The van der Waals surface area contributed by atoms with Crippen molar-refractivity contribution in [2.45, 2.75) is 13.5 Å². The van der Waals surface area contributed by atoms with Gasteiger partial charge in [-0.25, -0.2) is 0 Å². The van der Waals surface area contributed by atoms with Crippen molar-refractivity contribution in [3.8, 4) is 5.75 Å². The first-order chi connectivity index (χ1) is 8.70. The molecule has 0 atom stereocenters. The van der Waals surface area contributed by atoms with Gasteiger partial charge >= 0.3 is 0 Å². The van der Waals surface area contributed by atoms with E-state index in [1.165, 1.54) is 0 Å². The van der Waals surface area contributed by atoms with Gasteiger partial charge in [-0.1, -0.05) is 24.3 Å². The third-order valence-corrected chi connectivity index (χ3v) is 2.95. The van der Waals surface area contributed by atoms with Crippen molar-refractivity contribution in [2.24, 2.45) is 0 Å². The van der Waals surface area contributed by atoms with E-state index in [9.17, 15) is 0 Å². The van der Waals surface area contributed by atoms with Crippen LogP contribution in [0.3, 0.4) is 0 Å². The molecular weight excluding hydrogens is 224 g/mol. The van der Waals surface area contributed by atoms with Gasteiger partial charge in [-0.3, -0.25) is 0 Å². The zero-order chi connectivity index (χ0) is 13.0. The Balaban J connectivity index is 2.09. The third kappa shape index (κ3) is 2.74. The molecule has 2 aromatic rings. The predicted octanol–water partition coefficient (Wildman–Crippen LogP) is 3.20. The van der Waals surface area contributed by atoms with Crippen LogP contribution in [0.5, 0.6) is 5.75 Å². The monoisotopic (exact) mass is 242 g/mol. The van der Waals surface area contributed by atoms with E-state index in [4.69, 9.17) is 10.5 Å². The van der Waals surface area contributed by atoms with Crippen LogP contribution in [0.2, 0.25) is 0 Å². The first kappa shape index (κ1) is 12.3. The number of nitrogen functional groups attached to an aromatic ring is 1. The Kier molecular flexibility index (Phi) is 3.72. The van der Waals surface area contributed by atoms with Gasteiger partial charge in [-0.05, 0) is 30.7 Å². The molecule has 0 fully saturated rings. The minimum Gasteiger partial charge on any atom is -0.496 e. The molecule has 3 nitrogen and oxygen atoms in total. The third-order valence-electron chi connectivity index (χ3n) is 2.95. The summed E-state index contributed by atoms with van der Waals surface area (Å²) in [7, 11) is 1.68. The van der Waals surface area contributed by atoms with Crippen LogP contribution >= 0.6 is 0 Å². The lowest BCUT2D eigenvalue weighted by molar-refractivity contribution is 0.410. The summed E-state index contributed by atoms with van der Waals surface area (Å²) >= 11 is 0. The molecule has 2 rings (SSSR count). The average molecular weight is 242 g/mol. The summed E-state index contributed by atoms with van der Waals surface area (Å²) < 4.78 is 5.31. The van der Waals surface area contributed by atoms with Crippen molar-refractivity contribution < 1.29 is 4.74 Å². The molecule has 0 aliphatic heterocycles. The topological polar surface area (TPSA) is 47.3 Å². The van der Waals surface area contributed by atoms with E-state index in [1.54, 1.807) is 7.11 Å². The van der Waals surface area contributed by atoms with Crippen LogP contribution in [-0.4, -0.2) is 7.11 Å². The van der Waals surface area contributed by atoms with Gasteiger partial charge in [0.05, 0.1) is 7.11 Å². The highest BCUT2D eigenvalue weighted by Gasteiger charge is 2.02. The Morgan fingerprint density at radius 3 is 2.67 bits per heavy atom. The molecule has 0 spiro atoms. The van der Waals surface area contributed by atoms with Gasteiger partial charge < -0.3 is 15.8 Å². The van der Waals surface area contributed by atoms with Crippen molar-refractivity contribution in [3.63, 3.8) is 0 Å². The molecule has 3 heteroatoms. The summed E-state index contributed by atoms with van der Waals surface area (Å²) in [5.74, 6) is 0.894. The molecule has 0 saturated carbocycles. The summed E-state index contributed by atoms with van der Waals surface area (Å²) in [6.45, 7) is 2.71.